The summed E-state index contributed by atoms with van der Waals surface area (Å²) in [6.45, 7) is 0. The molecule has 11 rings (SSSR count). The minimum atomic E-state index is 1.13. The van der Waals surface area contributed by atoms with Crippen molar-refractivity contribution in [3.05, 3.63) is 212 Å². The van der Waals surface area contributed by atoms with Crippen LogP contribution in [-0.4, -0.2) is 0 Å². The first-order valence-corrected chi connectivity index (χ1v) is 19.0. The topological polar surface area (TPSA) is 3.24 Å². The molecule has 0 fully saturated rings. The molecule has 0 amide bonds. The quantitative estimate of drug-likeness (QED) is 0.162. The van der Waals surface area contributed by atoms with Gasteiger partial charge in [-0.2, -0.15) is 0 Å². The van der Waals surface area contributed by atoms with E-state index in [4.69, 9.17) is 0 Å². The molecule has 0 unspecified atom stereocenters. The predicted octanol–water partition coefficient (Wildman–Crippen LogP) is 15.4. The number of nitrogens with zero attached hydrogens (tertiary/aromatic N) is 1. The van der Waals surface area contributed by atoms with E-state index in [-0.39, 0.29) is 0 Å². The summed E-state index contributed by atoms with van der Waals surface area (Å²) in [7, 11) is 0. The highest BCUT2D eigenvalue weighted by Crippen LogP contribution is 2.42. The average molecular weight is 698 g/mol. The molecule has 1 heteroatoms. The maximum absolute atomic E-state index is 2.40. The number of para-hydroxylation sites is 2. The zero-order valence-corrected chi connectivity index (χ0v) is 30.2. The summed E-state index contributed by atoms with van der Waals surface area (Å²) in [5, 5.41) is 15.4. The van der Waals surface area contributed by atoms with Crippen LogP contribution < -0.4 is 4.90 Å². The summed E-state index contributed by atoms with van der Waals surface area (Å²) < 4.78 is 0. The Bertz CT molecular complexity index is 3200. The lowest BCUT2D eigenvalue weighted by atomic mass is 9.88. The van der Waals surface area contributed by atoms with Crippen LogP contribution in [0.2, 0.25) is 0 Å². The maximum atomic E-state index is 2.40. The van der Waals surface area contributed by atoms with E-state index < -0.39 is 0 Å². The van der Waals surface area contributed by atoms with Gasteiger partial charge in [-0.05, 0) is 141 Å². The SMILES string of the molecule is c1ccc(N(c2ccccc2)c2ccc(-c3ccc4cc(-c5cc6ccc7c8ccc9ccccc9c8ccc7c6c6ccccc56)ccc4c3)cc2)cc1. The molecule has 11 aromatic rings. The molecule has 0 aliphatic heterocycles. The molecule has 0 aromatic heterocycles. The van der Waals surface area contributed by atoms with Gasteiger partial charge in [0, 0.05) is 17.1 Å². The fraction of sp³-hybridized carbons (Fsp3) is 0. The van der Waals surface area contributed by atoms with E-state index in [1.807, 2.05) is 0 Å². The van der Waals surface area contributed by atoms with Gasteiger partial charge in [0.15, 0.2) is 0 Å². The molecule has 55 heavy (non-hydrogen) atoms. The van der Waals surface area contributed by atoms with E-state index in [1.165, 1.54) is 86.9 Å². The summed E-state index contributed by atoms with van der Waals surface area (Å²) in [5.74, 6) is 0. The Hall–Kier alpha value is -7.22. The monoisotopic (exact) mass is 697 g/mol. The van der Waals surface area contributed by atoms with Crippen LogP contribution in [0.15, 0.2) is 212 Å². The molecule has 0 N–H and O–H groups in total. The zero-order chi connectivity index (χ0) is 36.3. The van der Waals surface area contributed by atoms with Crippen LogP contribution in [-0.2, 0) is 0 Å². The molecular formula is C54H35N. The molecule has 0 bridgehead atoms. The minimum Gasteiger partial charge on any atom is -0.311 e. The number of benzene rings is 11. The average Bonchev–Trinajstić information content (AvgIpc) is 3.26. The van der Waals surface area contributed by atoms with Crippen LogP contribution in [0.25, 0.3) is 86.9 Å². The van der Waals surface area contributed by atoms with E-state index in [0.29, 0.717) is 0 Å². The molecule has 256 valence electrons. The molecule has 0 aliphatic rings. The third-order valence-electron chi connectivity index (χ3n) is 11.4. The number of anilines is 3. The second-order valence-electron chi connectivity index (χ2n) is 14.5. The Morgan fingerprint density at radius 3 is 1.42 bits per heavy atom. The summed E-state index contributed by atoms with van der Waals surface area (Å²) in [5.41, 5.74) is 8.30. The van der Waals surface area contributed by atoms with E-state index in [0.717, 1.165) is 17.1 Å². The van der Waals surface area contributed by atoms with Crippen LogP contribution in [0, 0.1) is 0 Å². The zero-order valence-electron chi connectivity index (χ0n) is 30.2. The predicted molar refractivity (Wildman–Crippen MR) is 237 cm³/mol. The highest BCUT2D eigenvalue weighted by Gasteiger charge is 2.15. The van der Waals surface area contributed by atoms with Crippen LogP contribution in [0.4, 0.5) is 17.1 Å². The van der Waals surface area contributed by atoms with Gasteiger partial charge in [0.05, 0.1) is 0 Å². The van der Waals surface area contributed by atoms with Crippen molar-refractivity contribution in [2.24, 2.45) is 0 Å². The van der Waals surface area contributed by atoms with Gasteiger partial charge in [-0.3, -0.25) is 0 Å². The van der Waals surface area contributed by atoms with Gasteiger partial charge in [-0.1, -0.05) is 158 Å². The van der Waals surface area contributed by atoms with Crippen molar-refractivity contribution >= 4 is 81.7 Å². The highest BCUT2D eigenvalue weighted by atomic mass is 15.1. The Labute approximate surface area is 320 Å². The number of fused-ring (bicyclic) bond motifs is 10. The van der Waals surface area contributed by atoms with Crippen LogP contribution in [0.5, 0.6) is 0 Å². The highest BCUT2D eigenvalue weighted by molar-refractivity contribution is 6.28. The van der Waals surface area contributed by atoms with Crippen molar-refractivity contribution in [2.75, 3.05) is 4.90 Å². The summed E-state index contributed by atoms with van der Waals surface area (Å²) >= 11 is 0. The second-order valence-corrected chi connectivity index (χ2v) is 14.5. The Morgan fingerprint density at radius 1 is 0.236 bits per heavy atom. The number of rotatable bonds is 5. The van der Waals surface area contributed by atoms with E-state index in [2.05, 4.69) is 217 Å². The largest absolute Gasteiger partial charge is 0.311 e. The third kappa shape index (κ3) is 5.24. The van der Waals surface area contributed by atoms with E-state index in [1.54, 1.807) is 0 Å². The third-order valence-corrected chi connectivity index (χ3v) is 11.4. The van der Waals surface area contributed by atoms with Gasteiger partial charge in [0.1, 0.15) is 0 Å². The standard InChI is InChI=1S/C54H35N/c1-3-12-43(13-4-1)55(44-14-5-2-6-15-44)45-27-23-36(24-28-45)38-19-20-40-34-41(22-21-39(40)33-38)53-35-42-26-30-50-49-29-25-37-11-7-8-16-46(37)48(49)31-32-52(50)54(42)51-18-10-9-17-47(51)53/h1-35H. The molecule has 0 aliphatic carbocycles. The fourth-order valence-corrected chi connectivity index (χ4v) is 8.75. The first-order chi connectivity index (χ1) is 27.3. The molecule has 0 saturated carbocycles. The lowest BCUT2D eigenvalue weighted by molar-refractivity contribution is 1.28. The lowest BCUT2D eigenvalue weighted by Crippen LogP contribution is -2.09. The molecule has 0 heterocycles. The Kier molecular flexibility index (Phi) is 7.25. The van der Waals surface area contributed by atoms with Crippen LogP contribution in [0.3, 0.4) is 0 Å². The van der Waals surface area contributed by atoms with E-state index >= 15 is 0 Å². The molecular weight excluding hydrogens is 663 g/mol. The summed E-state index contributed by atoms with van der Waals surface area (Å²) in [6, 6.07) is 77.7. The minimum absolute atomic E-state index is 1.13. The van der Waals surface area contributed by atoms with Gasteiger partial charge in [0.2, 0.25) is 0 Å². The summed E-state index contributed by atoms with van der Waals surface area (Å²) in [4.78, 5) is 2.30. The first-order valence-electron chi connectivity index (χ1n) is 19.0. The van der Waals surface area contributed by atoms with Gasteiger partial charge < -0.3 is 4.90 Å². The molecule has 0 saturated heterocycles. The van der Waals surface area contributed by atoms with Crippen molar-refractivity contribution in [3.8, 4) is 22.3 Å². The van der Waals surface area contributed by atoms with Crippen molar-refractivity contribution in [1.29, 1.82) is 0 Å². The lowest BCUT2D eigenvalue weighted by Gasteiger charge is -2.25. The Morgan fingerprint density at radius 2 is 0.691 bits per heavy atom. The first kappa shape index (κ1) is 31.3. The van der Waals surface area contributed by atoms with Crippen molar-refractivity contribution in [1.82, 2.24) is 0 Å². The smallest absolute Gasteiger partial charge is 0.0462 e. The van der Waals surface area contributed by atoms with E-state index in [9.17, 15) is 0 Å². The van der Waals surface area contributed by atoms with Gasteiger partial charge in [0.25, 0.3) is 0 Å². The molecule has 11 aromatic carbocycles. The van der Waals surface area contributed by atoms with Crippen LogP contribution in [0.1, 0.15) is 0 Å². The van der Waals surface area contributed by atoms with Crippen molar-refractivity contribution in [2.45, 2.75) is 0 Å². The molecule has 0 radical (unpaired) electrons. The number of hydrogen-bond acceptors (Lipinski definition) is 1. The molecule has 1 nitrogen and oxygen atoms in total. The van der Waals surface area contributed by atoms with Crippen molar-refractivity contribution in [3.63, 3.8) is 0 Å². The van der Waals surface area contributed by atoms with Crippen LogP contribution >= 0.6 is 0 Å². The molecule has 0 atom stereocenters. The fourth-order valence-electron chi connectivity index (χ4n) is 8.75. The van der Waals surface area contributed by atoms with Crippen molar-refractivity contribution < 1.29 is 0 Å². The molecule has 0 spiro atoms. The summed E-state index contributed by atoms with van der Waals surface area (Å²) in [6.07, 6.45) is 0. The Balaban J connectivity index is 0.974. The van der Waals surface area contributed by atoms with Gasteiger partial charge in [-0.15, -0.1) is 0 Å². The number of hydrogen-bond donors (Lipinski definition) is 0. The maximum Gasteiger partial charge on any atom is 0.0462 e. The second kappa shape index (κ2) is 12.7. The normalized spacial score (nSPS) is 11.6. The van der Waals surface area contributed by atoms with Gasteiger partial charge >= 0.3 is 0 Å². The van der Waals surface area contributed by atoms with Gasteiger partial charge in [-0.25, -0.2) is 0 Å².